The molecule has 19 nitrogen and oxygen atoms in total. The quantitative estimate of drug-likeness (QED) is 0.0493. The summed E-state index contributed by atoms with van der Waals surface area (Å²) in [4.78, 5) is 112. The summed E-state index contributed by atoms with van der Waals surface area (Å²) < 4.78 is 10.8. The topological polar surface area (TPSA) is 297 Å². The Morgan fingerprint density at radius 2 is 1.59 bits per heavy atom. The van der Waals surface area contributed by atoms with Crippen LogP contribution in [0, 0.1) is 5.92 Å². The van der Waals surface area contributed by atoms with Crippen molar-refractivity contribution in [2.75, 3.05) is 33.4 Å². The van der Waals surface area contributed by atoms with Crippen LogP contribution in [0.5, 0.6) is 0 Å². The summed E-state index contributed by atoms with van der Waals surface area (Å²) in [7, 11) is 1.32. The Kier molecular flexibility index (Phi) is 16.3. The van der Waals surface area contributed by atoms with Gasteiger partial charge in [0.2, 0.25) is 41.4 Å². The highest BCUT2D eigenvalue weighted by atomic mass is 16.5. The van der Waals surface area contributed by atoms with Crippen LogP contribution in [0.15, 0.2) is 67.0 Å². The van der Waals surface area contributed by atoms with Crippen molar-refractivity contribution < 1.29 is 47.8 Å². The molecule has 2 aliphatic rings. The molecular formula is C44H57N9O10. The van der Waals surface area contributed by atoms with E-state index in [-0.39, 0.29) is 64.8 Å². The van der Waals surface area contributed by atoms with Crippen LogP contribution < -0.4 is 38.5 Å². The van der Waals surface area contributed by atoms with Crippen molar-refractivity contribution in [3.63, 3.8) is 0 Å². The fourth-order valence-electron chi connectivity index (χ4n) is 7.58. The zero-order valence-corrected chi connectivity index (χ0v) is 35.6. The van der Waals surface area contributed by atoms with Gasteiger partial charge < -0.3 is 52.8 Å². The van der Waals surface area contributed by atoms with Gasteiger partial charge in [0, 0.05) is 58.3 Å². The van der Waals surface area contributed by atoms with Gasteiger partial charge >= 0.3 is 5.97 Å². The van der Waals surface area contributed by atoms with Gasteiger partial charge in [-0.1, -0.05) is 61.9 Å². The van der Waals surface area contributed by atoms with Crippen LogP contribution in [0.4, 0.5) is 0 Å². The number of nitrogens with two attached hydrogens (primary N) is 3. The maximum atomic E-state index is 14.4. The molecule has 7 amide bonds. The normalized spacial score (nSPS) is 19.0. The largest absolute Gasteiger partial charge is 0.466 e. The molecule has 0 radical (unpaired) electrons. The molecule has 1 saturated heterocycles. The van der Waals surface area contributed by atoms with Gasteiger partial charge in [0.15, 0.2) is 0 Å². The second kappa shape index (κ2) is 21.6. The number of amides is 7. The zero-order chi connectivity index (χ0) is 45.7. The Hall–Kier alpha value is -6.47. The number of fused-ring (bicyclic) bond motifs is 1. The predicted molar refractivity (Wildman–Crippen MR) is 228 cm³/mol. The Bertz CT molecular complexity index is 2170. The number of hydrogen-bond acceptors (Lipinski definition) is 12. The first kappa shape index (κ1) is 47.6. The number of unbranched alkanes of at least 4 members (excludes halogenated alkanes) is 1. The molecule has 63 heavy (non-hydrogen) atoms. The van der Waals surface area contributed by atoms with Gasteiger partial charge in [0.1, 0.15) is 23.2 Å². The molecule has 10 N–H and O–H groups in total. The second-order valence-corrected chi connectivity index (χ2v) is 16.2. The average molecular weight is 872 g/mol. The van der Waals surface area contributed by atoms with Crippen LogP contribution in [-0.4, -0.2) is 120 Å². The summed E-state index contributed by atoms with van der Waals surface area (Å²) in [5.74, 6) is -7.56. The van der Waals surface area contributed by atoms with Gasteiger partial charge in [-0.25, -0.2) is 0 Å². The molecule has 0 bridgehead atoms. The number of nitrogens with one attached hydrogen (secondary N) is 4. The van der Waals surface area contributed by atoms with Crippen LogP contribution in [-0.2, 0) is 60.7 Å². The highest BCUT2D eigenvalue weighted by Gasteiger charge is 2.65. The first-order valence-electron chi connectivity index (χ1n) is 21.0. The van der Waals surface area contributed by atoms with Crippen LogP contribution >= 0.6 is 0 Å². The van der Waals surface area contributed by atoms with Crippen LogP contribution in [0.25, 0.3) is 10.8 Å². The van der Waals surface area contributed by atoms with E-state index in [0.29, 0.717) is 12.0 Å². The highest BCUT2D eigenvalue weighted by Crippen LogP contribution is 2.44. The van der Waals surface area contributed by atoms with Gasteiger partial charge in [-0.05, 0) is 53.6 Å². The number of carbonyl (C=O) groups excluding carboxylic acids is 8. The Labute approximate surface area is 364 Å². The number of ether oxygens (including phenoxy) is 2. The third-order valence-electron chi connectivity index (χ3n) is 11.4. The van der Waals surface area contributed by atoms with Crippen molar-refractivity contribution in [2.24, 2.45) is 23.1 Å². The van der Waals surface area contributed by atoms with Crippen LogP contribution in [0.2, 0.25) is 0 Å². The summed E-state index contributed by atoms with van der Waals surface area (Å²) >= 11 is 0. The lowest BCUT2D eigenvalue weighted by molar-refractivity contribution is -0.145. The molecular weight excluding hydrogens is 815 g/mol. The second-order valence-electron chi connectivity index (χ2n) is 16.2. The molecule has 1 aliphatic heterocycles. The number of carbonyl (C=O) groups is 8. The number of rotatable bonds is 22. The van der Waals surface area contributed by atoms with E-state index in [1.54, 1.807) is 12.1 Å². The number of nitrogens with zero attached hydrogens (tertiary/aromatic N) is 2. The summed E-state index contributed by atoms with van der Waals surface area (Å²) in [6.45, 7) is 1.78. The number of hydrogen-bond donors (Lipinski definition) is 7. The Morgan fingerprint density at radius 3 is 2.24 bits per heavy atom. The number of primary amides is 2. The lowest BCUT2D eigenvalue weighted by atomic mass is 9.87. The molecule has 1 saturated carbocycles. The predicted octanol–water partition coefficient (Wildman–Crippen LogP) is -0.590. The smallest absolute Gasteiger partial charge is 0.305 e. The van der Waals surface area contributed by atoms with Crippen molar-refractivity contribution in [3.05, 3.63) is 78.1 Å². The Morgan fingerprint density at radius 1 is 0.873 bits per heavy atom. The highest BCUT2D eigenvalue weighted by molar-refractivity contribution is 6.05. The number of benzene rings is 2. The number of likely N-dealkylation sites (N-methyl/N-ethyl adjacent to an activating group) is 1. The van der Waals surface area contributed by atoms with E-state index in [1.165, 1.54) is 19.4 Å². The van der Waals surface area contributed by atoms with Crippen LogP contribution in [0.1, 0.15) is 63.0 Å². The number of esters is 1. The first-order chi connectivity index (χ1) is 30.1. The van der Waals surface area contributed by atoms with Crippen molar-refractivity contribution in [3.8, 4) is 0 Å². The third kappa shape index (κ3) is 12.6. The fraction of sp³-hybridized carbons (Fsp3) is 0.477. The molecule has 1 aromatic heterocycles. The summed E-state index contributed by atoms with van der Waals surface area (Å²) in [6.07, 6.45) is 3.60. The standard InChI is InChI=1S/C44H57N9O10/c1-3-4-18-63-36(55)14-13-33(49-41(60)43(15-19-62-20-16-43)51-38(57)32(45)22-27-11-12-29-9-5-6-10-30(29)21-27)39(58)52-44(24-31(44)37(47)56)42(61)50-34(23-28-8-7-17-48-25-28)40(59)53(2)26-35(46)54/h5-12,17,21,25,31-34H,3-4,13-16,18-20,22-24,26,45H2,1-2H3,(H2,46,54)(H2,47,56)(H,49,60)(H,50,61)(H,51,57)(H,52,58)/t31-,32-,33-,34-,44?/m0/s1. The van der Waals surface area contributed by atoms with Crippen molar-refractivity contribution >= 4 is 58.1 Å². The monoisotopic (exact) mass is 871 g/mol. The molecule has 2 aromatic carbocycles. The summed E-state index contributed by atoms with van der Waals surface area (Å²) in [5, 5.41) is 12.7. The number of aromatic nitrogens is 1. The molecule has 5 rings (SSSR count). The number of pyridine rings is 1. The van der Waals surface area contributed by atoms with Crippen LogP contribution in [0.3, 0.4) is 0 Å². The molecule has 1 aliphatic carbocycles. The molecule has 2 fully saturated rings. The minimum absolute atomic E-state index is 0.0211. The lowest BCUT2D eigenvalue weighted by Gasteiger charge is -2.38. The summed E-state index contributed by atoms with van der Waals surface area (Å²) in [6, 6.07) is 12.9. The Balaban J connectivity index is 1.37. The van der Waals surface area contributed by atoms with Gasteiger partial charge in [0.25, 0.3) is 0 Å². The van der Waals surface area contributed by atoms with Gasteiger partial charge in [-0.3, -0.25) is 43.3 Å². The molecule has 1 unspecified atom stereocenters. The van der Waals surface area contributed by atoms with E-state index in [1.807, 2.05) is 49.4 Å². The van der Waals surface area contributed by atoms with Crippen molar-refractivity contribution in [2.45, 2.75) is 93.9 Å². The van der Waals surface area contributed by atoms with Gasteiger partial charge in [-0.2, -0.15) is 0 Å². The first-order valence-corrected chi connectivity index (χ1v) is 21.0. The average Bonchev–Trinajstić information content (AvgIpc) is 4.00. The SMILES string of the molecule is CCCCOC(=O)CC[C@H](NC(=O)C1(NC(=O)[C@@H](N)Cc2ccc3ccccc3c2)CCOCC1)C(=O)NC1(C(=O)N[C@@H](Cc2cccnc2)C(=O)N(C)CC(N)=O)C[C@H]1C(N)=O. The van der Waals surface area contributed by atoms with E-state index < -0.39 is 89.0 Å². The molecule has 2 heterocycles. The summed E-state index contributed by atoms with van der Waals surface area (Å²) in [5.41, 5.74) is 15.2. The molecule has 0 spiro atoms. The maximum absolute atomic E-state index is 14.4. The lowest BCUT2D eigenvalue weighted by Crippen LogP contribution is -2.66. The van der Waals surface area contributed by atoms with Crippen molar-refractivity contribution in [1.82, 2.24) is 31.2 Å². The van der Waals surface area contributed by atoms with Gasteiger partial charge in [-0.15, -0.1) is 0 Å². The molecule has 19 heteroatoms. The molecule has 3 aromatic rings. The van der Waals surface area contributed by atoms with Crippen molar-refractivity contribution in [1.29, 1.82) is 0 Å². The molecule has 5 atom stereocenters. The van der Waals surface area contributed by atoms with E-state index in [0.717, 1.165) is 27.7 Å². The maximum Gasteiger partial charge on any atom is 0.305 e. The zero-order valence-electron chi connectivity index (χ0n) is 35.6. The van der Waals surface area contributed by atoms with E-state index in [4.69, 9.17) is 26.7 Å². The van der Waals surface area contributed by atoms with E-state index in [9.17, 15) is 38.4 Å². The van der Waals surface area contributed by atoms with E-state index >= 15 is 0 Å². The molecule has 338 valence electrons. The third-order valence-corrected chi connectivity index (χ3v) is 11.4. The van der Waals surface area contributed by atoms with Gasteiger partial charge in [0.05, 0.1) is 25.1 Å². The fourth-order valence-corrected chi connectivity index (χ4v) is 7.58. The minimum atomic E-state index is -1.97. The van der Waals surface area contributed by atoms with E-state index in [2.05, 4.69) is 26.3 Å². The minimum Gasteiger partial charge on any atom is -0.466 e.